The van der Waals surface area contributed by atoms with Gasteiger partial charge in [0.05, 0.1) is 10.6 Å². The highest BCUT2D eigenvalue weighted by Crippen LogP contribution is 2.25. The molecule has 0 aliphatic heterocycles. The fourth-order valence-corrected chi connectivity index (χ4v) is 3.51. The van der Waals surface area contributed by atoms with Crippen molar-refractivity contribution in [3.63, 3.8) is 0 Å². The fourth-order valence-electron chi connectivity index (χ4n) is 2.62. The van der Waals surface area contributed by atoms with Crippen molar-refractivity contribution in [3.05, 3.63) is 24.3 Å². The number of carbonyl (C=O) groups is 1. The lowest BCUT2D eigenvalue weighted by molar-refractivity contribution is -0.120. The van der Waals surface area contributed by atoms with Gasteiger partial charge in [0, 0.05) is 17.6 Å². The number of benzene rings is 1. The Labute approximate surface area is 125 Å². The molecule has 2 unspecified atom stereocenters. The topological polar surface area (TPSA) is 89.3 Å². The second-order valence-electron chi connectivity index (χ2n) is 5.54. The molecule has 1 aromatic rings. The minimum Gasteiger partial charge on any atom is -0.328 e. The van der Waals surface area contributed by atoms with E-state index in [0.29, 0.717) is 12.1 Å². The summed E-state index contributed by atoms with van der Waals surface area (Å²) in [5.74, 6) is -0.0115. The van der Waals surface area contributed by atoms with E-state index in [1.54, 1.807) is 19.1 Å². The average Bonchev–Trinajstić information content (AvgIpc) is 2.48. The van der Waals surface area contributed by atoms with Crippen molar-refractivity contribution in [3.8, 4) is 0 Å². The summed E-state index contributed by atoms with van der Waals surface area (Å²) >= 11 is 0. The molecule has 0 spiro atoms. The Hall–Kier alpha value is -1.40. The van der Waals surface area contributed by atoms with Gasteiger partial charge in [0.2, 0.25) is 5.91 Å². The minimum atomic E-state index is -3.20. The molecule has 116 valence electrons. The molecule has 1 aliphatic carbocycles. The third-order valence-corrected chi connectivity index (χ3v) is 5.70. The Morgan fingerprint density at radius 2 is 1.95 bits per heavy atom. The Bertz CT molecular complexity index is 596. The molecular formula is C15H22N2O3S. The zero-order valence-electron chi connectivity index (χ0n) is 12.2. The van der Waals surface area contributed by atoms with Crippen molar-refractivity contribution in [2.45, 2.75) is 43.5 Å². The number of nitrogens with two attached hydrogens (primary N) is 1. The van der Waals surface area contributed by atoms with Crippen LogP contribution >= 0.6 is 0 Å². The summed E-state index contributed by atoms with van der Waals surface area (Å²) in [6.45, 7) is 1.61. The lowest BCUT2D eigenvalue weighted by atomic mass is 9.85. The largest absolute Gasteiger partial charge is 0.328 e. The van der Waals surface area contributed by atoms with Gasteiger partial charge in [-0.25, -0.2) is 8.42 Å². The number of anilines is 1. The van der Waals surface area contributed by atoms with Crippen LogP contribution in [0.25, 0.3) is 0 Å². The molecule has 2 atom stereocenters. The molecule has 0 bridgehead atoms. The Balaban J connectivity index is 2.02. The summed E-state index contributed by atoms with van der Waals surface area (Å²) in [4.78, 5) is 12.4. The van der Waals surface area contributed by atoms with E-state index in [1.807, 2.05) is 0 Å². The first-order valence-corrected chi connectivity index (χ1v) is 8.97. The second kappa shape index (κ2) is 6.58. The van der Waals surface area contributed by atoms with E-state index in [2.05, 4.69) is 5.32 Å². The van der Waals surface area contributed by atoms with E-state index in [4.69, 9.17) is 5.73 Å². The summed E-state index contributed by atoms with van der Waals surface area (Å²) in [7, 11) is -3.20. The molecule has 1 amide bonds. The predicted octanol–water partition coefficient (Wildman–Crippen LogP) is 1.94. The van der Waals surface area contributed by atoms with Crippen molar-refractivity contribution in [2.24, 2.45) is 11.7 Å². The second-order valence-corrected chi connectivity index (χ2v) is 7.82. The van der Waals surface area contributed by atoms with Crippen LogP contribution in [0.1, 0.15) is 32.6 Å². The van der Waals surface area contributed by atoms with Crippen LogP contribution in [0.5, 0.6) is 0 Å². The van der Waals surface area contributed by atoms with Crippen LogP contribution in [-0.4, -0.2) is 26.1 Å². The molecule has 2 rings (SSSR count). The first kappa shape index (κ1) is 16.0. The maximum atomic E-state index is 12.2. The molecule has 21 heavy (non-hydrogen) atoms. The van der Waals surface area contributed by atoms with Gasteiger partial charge in [-0.3, -0.25) is 4.79 Å². The average molecular weight is 310 g/mol. The molecule has 0 radical (unpaired) electrons. The van der Waals surface area contributed by atoms with Gasteiger partial charge in [-0.2, -0.15) is 0 Å². The molecule has 1 aromatic carbocycles. The van der Waals surface area contributed by atoms with Gasteiger partial charge >= 0.3 is 0 Å². The monoisotopic (exact) mass is 310 g/mol. The maximum absolute atomic E-state index is 12.2. The van der Waals surface area contributed by atoms with Crippen molar-refractivity contribution in [1.82, 2.24) is 0 Å². The van der Waals surface area contributed by atoms with E-state index < -0.39 is 9.84 Å². The molecule has 1 saturated carbocycles. The van der Waals surface area contributed by atoms with Crippen LogP contribution in [0.15, 0.2) is 29.2 Å². The number of rotatable bonds is 4. The van der Waals surface area contributed by atoms with Gasteiger partial charge < -0.3 is 11.1 Å². The van der Waals surface area contributed by atoms with E-state index in [9.17, 15) is 13.2 Å². The molecular weight excluding hydrogens is 288 g/mol. The van der Waals surface area contributed by atoms with Crippen LogP contribution in [0.3, 0.4) is 0 Å². The fraction of sp³-hybridized carbons (Fsp3) is 0.533. The number of amides is 1. The SMILES string of the molecule is CCS(=O)(=O)c1ccc(NC(=O)C2CCCC(N)C2)cc1. The van der Waals surface area contributed by atoms with E-state index in [-0.39, 0.29) is 28.5 Å². The molecule has 1 aliphatic rings. The third-order valence-electron chi connectivity index (χ3n) is 3.95. The summed E-state index contributed by atoms with van der Waals surface area (Å²) < 4.78 is 23.4. The van der Waals surface area contributed by atoms with Crippen LogP contribution < -0.4 is 11.1 Å². The molecule has 1 fully saturated rings. The highest BCUT2D eigenvalue weighted by atomic mass is 32.2. The van der Waals surface area contributed by atoms with Crippen molar-refractivity contribution in [1.29, 1.82) is 0 Å². The smallest absolute Gasteiger partial charge is 0.227 e. The third kappa shape index (κ3) is 4.04. The number of sulfone groups is 1. The summed E-state index contributed by atoms with van der Waals surface area (Å²) in [6.07, 6.45) is 3.54. The normalized spacial score (nSPS) is 22.8. The summed E-state index contributed by atoms with van der Waals surface area (Å²) in [5.41, 5.74) is 6.51. The Morgan fingerprint density at radius 1 is 1.29 bits per heavy atom. The summed E-state index contributed by atoms with van der Waals surface area (Å²) in [6, 6.07) is 6.42. The van der Waals surface area contributed by atoms with Gasteiger partial charge in [0.15, 0.2) is 9.84 Å². The van der Waals surface area contributed by atoms with E-state index >= 15 is 0 Å². The van der Waals surface area contributed by atoms with Crippen LogP contribution in [0.4, 0.5) is 5.69 Å². The van der Waals surface area contributed by atoms with Gasteiger partial charge in [0.1, 0.15) is 0 Å². The lowest BCUT2D eigenvalue weighted by Gasteiger charge is -2.25. The first-order valence-electron chi connectivity index (χ1n) is 7.31. The molecule has 3 N–H and O–H groups in total. The quantitative estimate of drug-likeness (QED) is 0.889. The van der Waals surface area contributed by atoms with Crippen LogP contribution in [0, 0.1) is 5.92 Å². The molecule has 0 saturated heterocycles. The maximum Gasteiger partial charge on any atom is 0.227 e. The van der Waals surface area contributed by atoms with Crippen LogP contribution in [0.2, 0.25) is 0 Å². The number of nitrogens with one attached hydrogen (secondary N) is 1. The molecule has 5 nitrogen and oxygen atoms in total. The van der Waals surface area contributed by atoms with Gasteiger partial charge in [-0.05, 0) is 43.5 Å². The van der Waals surface area contributed by atoms with Crippen molar-refractivity contribution < 1.29 is 13.2 Å². The highest BCUT2D eigenvalue weighted by molar-refractivity contribution is 7.91. The molecule has 0 aromatic heterocycles. The number of carbonyl (C=O) groups excluding carboxylic acids is 1. The number of hydrogen-bond acceptors (Lipinski definition) is 4. The summed E-state index contributed by atoms with van der Waals surface area (Å²) in [5, 5.41) is 2.84. The van der Waals surface area contributed by atoms with Gasteiger partial charge in [0.25, 0.3) is 0 Å². The molecule has 6 heteroatoms. The zero-order chi connectivity index (χ0) is 15.5. The molecule has 0 heterocycles. The van der Waals surface area contributed by atoms with E-state index in [0.717, 1.165) is 19.3 Å². The standard InChI is InChI=1S/C15H22N2O3S/c1-2-21(19,20)14-8-6-13(7-9-14)17-15(18)11-4-3-5-12(16)10-11/h6-9,11-12H,2-5,10,16H2,1H3,(H,17,18). The van der Waals surface area contributed by atoms with Crippen LogP contribution in [-0.2, 0) is 14.6 Å². The zero-order valence-corrected chi connectivity index (χ0v) is 13.0. The highest BCUT2D eigenvalue weighted by Gasteiger charge is 2.25. The lowest BCUT2D eigenvalue weighted by Crippen LogP contribution is -2.34. The number of hydrogen-bond donors (Lipinski definition) is 2. The first-order chi connectivity index (χ1) is 9.92. The predicted molar refractivity (Wildman–Crippen MR) is 82.7 cm³/mol. The van der Waals surface area contributed by atoms with Crippen molar-refractivity contribution >= 4 is 21.4 Å². The van der Waals surface area contributed by atoms with Gasteiger partial charge in [-0.1, -0.05) is 13.3 Å². The minimum absolute atomic E-state index is 0.0313. The Kier molecular flexibility index (Phi) is 5.00. The van der Waals surface area contributed by atoms with E-state index in [1.165, 1.54) is 12.1 Å². The van der Waals surface area contributed by atoms with Crippen molar-refractivity contribution in [2.75, 3.05) is 11.1 Å². The van der Waals surface area contributed by atoms with Gasteiger partial charge in [-0.15, -0.1) is 0 Å². The Morgan fingerprint density at radius 3 is 2.52 bits per heavy atom.